The molecule has 0 bridgehead atoms. The van der Waals surface area contributed by atoms with Crippen LogP contribution < -0.4 is 10.6 Å². The van der Waals surface area contributed by atoms with Crippen LogP contribution in [-0.2, 0) is 4.79 Å². The van der Waals surface area contributed by atoms with E-state index >= 15 is 0 Å². The first kappa shape index (κ1) is 16.0. The van der Waals surface area contributed by atoms with E-state index in [0.717, 1.165) is 10.6 Å². The van der Waals surface area contributed by atoms with Crippen molar-refractivity contribution in [2.75, 3.05) is 6.54 Å². The molecule has 2 atom stereocenters. The number of carbonyl (C=O) groups excluding carboxylic acids is 1. The molecule has 0 spiro atoms. The molecule has 0 fully saturated rings. The SMILES string of the molecule is CC(C)CNC(=O)C(C)N[C@@H](C)c1ccc(Cl)cc1. The Kier molecular flexibility index (Phi) is 6.32. The summed E-state index contributed by atoms with van der Waals surface area (Å²) in [6.07, 6.45) is 0. The Morgan fingerprint density at radius 1 is 1.16 bits per heavy atom. The average Bonchev–Trinajstić information content (AvgIpc) is 2.36. The summed E-state index contributed by atoms with van der Waals surface area (Å²) in [7, 11) is 0. The van der Waals surface area contributed by atoms with Gasteiger partial charge in [0.1, 0.15) is 0 Å². The summed E-state index contributed by atoms with van der Waals surface area (Å²) in [6.45, 7) is 8.78. The fourth-order valence-corrected chi connectivity index (χ4v) is 1.88. The molecule has 1 aromatic rings. The third-order valence-electron chi connectivity index (χ3n) is 2.95. The Labute approximate surface area is 120 Å². The topological polar surface area (TPSA) is 41.1 Å². The molecule has 19 heavy (non-hydrogen) atoms. The minimum atomic E-state index is -0.218. The minimum absolute atomic E-state index is 0.0366. The van der Waals surface area contributed by atoms with Crippen molar-refractivity contribution in [1.82, 2.24) is 10.6 Å². The number of rotatable bonds is 6. The van der Waals surface area contributed by atoms with E-state index in [-0.39, 0.29) is 18.0 Å². The second-order valence-electron chi connectivity index (χ2n) is 5.30. The van der Waals surface area contributed by atoms with Gasteiger partial charge in [-0.1, -0.05) is 37.6 Å². The summed E-state index contributed by atoms with van der Waals surface area (Å²) in [6, 6.07) is 7.55. The monoisotopic (exact) mass is 282 g/mol. The van der Waals surface area contributed by atoms with E-state index in [4.69, 9.17) is 11.6 Å². The predicted molar refractivity (Wildman–Crippen MR) is 80.3 cm³/mol. The smallest absolute Gasteiger partial charge is 0.236 e. The van der Waals surface area contributed by atoms with E-state index in [1.165, 1.54) is 0 Å². The summed E-state index contributed by atoms with van der Waals surface area (Å²) < 4.78 is 0. The number of hydrogen-bond donors (Lipinski definition) is 2. The highest BCUT2D eigenvalue weighted by molar-refractivity contribution is 6.30. The Morgan fingerprint density at radius 2 is 1.74 bits per heavy atom. The van der Waals surface area contributed by atoms with Crippen LogP contribution in [0.3, 0.4) is 0 Å². The normalized spacial score (nSPS) is 14.2. The highest BCUT2D eigenvalue weighted by atomic mass is 35.5. The van der Waals surface area contributed by atoms with E-state index in [1.807, 2.05) is 38.1 Å². The van der Waals surface area contributed by atoms with Gasteiger partial charge in [0.2, 0.25) is 5.91 Å². The Bertz CT molecular complexity index is 403. The maximum absolute atomic E-state index is 11.9. The summed E-state index contributed by atoms with van der Waals surface area (Å²) in [5.74, 6) is 0.499. The summed E-state index contributed by atoms with van der Waals surface area (Å²) in [5.41, 5.74) is 1.12. The second-order valence-corrected chi connectivity index (χ2v) is 5.74. The van der Waals surface area contributed by atoms with E-state index in [0.29, 0.717) is 12.5 Å². The Hall–Kier alpha value is -1.06. The van der Waals surface area contributed by atoms with Gasteiger partial charge in [0.25, 0.3) is 0 Å². The third kappa shape index (κ3) is 5.62. The van der Waals surface area contributed by atoms with E-state index in [1.54, 1.807) is 0 Å². The summed E-state index contributed by atoms with van der Waals surface area (Å²) in [4.78, 5) is 11.9. The molecule has 3 nitrogen and oxygen atoms in total. The van der Waals surface area contributed by atoms with Gasteiger partial charge in [-0.2, -0.15) is 0 Å². The van der Waals surface area contributed by atoms with Crippen molar-refractivity contribution in [3.05, 3.63) is 34.9 Å². The molecule has 0 radical (unpaired) electrons. The molecule has 1 aromatic carbocycles. The number of nitrogens with one attached hydrogen (secondary N) is 2. The highest BCUT2D eigenvalue weighted by Gasteiger charge is 2.16. The van der Waals surface area contributed by atoms with Crippen LogP contribution in [0.5, 0.6) is 0 Å². The van der Waals surface area contributed by atoms with Gasteiger partial charge in [0.05, 0.1) is 6.04 Å². The first-order chi connectivity index (χ1) is 8.90. The molecule has 1 unspecified atom stereocenters. The lowest BCUT2D eigenvalue weighted by atomic mass is 10.1. The van der Waals surface area contributed by atoms with E-state index in [2.05, 4.69) is 24.5 Å². The number of hydrogen-bond acceptors (Lipinski definition) is 2. The Balaban J connectivity index is 2.49. The number of carbonyl (C=O) groups is 1. The van der Waals surface area contributed by atoms with Crippen molar-refractivity contribution in [2.24, 2.45) is 5.92 Å². The molecule has 0 saturated carbocycles. The van der Waals surface area contributed by atoms with Gasteiger partial charge in [-0.3, -0.25) is 10.1 Å². The van der Waals surface area contributed by atoms with Crippen LogP contribution >= 0.6 is 11.6 Å². The van der Waals surface area contributed by atoms with Crippen LogP contribution in [0.4, 0.5) is 0 Å². The van der Waals surface area contributed by atoms with Crippen molar-refractivity contribution in [1.29, 1.82) is 0 Å². The van der Waals surface area contributed by atoms with Gasteiger partial charge in [-0.05, 0) is 37.5 Å². The molecule has 106 valence electrons. The molecule has 0 heterocycles. The zero-order chi connectivity index (χ0) is 14.4. The molecule has 0 aliphatic carbocycles. The van der Waals surface area contributed by atoms with E-state index < -0.39 is 0 Å². The third-order valence-corrected chi connectivity index (χ3v) is 3.20. The lowest BCUT2D eigenvalue weighted by molar-refractivity contribution is -0.123. The Morgan fingerprint density at radius 3 is 2.26 bits per heavy atom. The molecule has 2 N–H and O–H groups in total. The average molecular weight is 283 g/mol. The molecule has 0 aromatic heterocycles. The maximum atomic E-state index is 11.9. The standard InChI is InChI=1S/C15H23ClN2O/c1-10(2)9-17-15(19)12(4)18-11(3)13-5-7-14(16)8-6-13/h5-8,10-12,18H,9H2,1-4H3,(H,17,19)/t11-,12?/m0/s1. The number of benzene rings is 1. The zero-order valence-corrected chi connectivity index (χ0v) is 12.8. The fourth-order valence-electron chi connectivity index (χ4n) is 1.76. The summed E-state index contributed by atoms with van der Waals surface area (Å²) in [5, 5.41) is 6.93. The van der Waals surface area contributed by atoms with Crippen LogP contribution in [0, 0.1) is 5.92 Å². The minimum Gasteiger partial charge on any atom is -0.354 e. The fraction of sp³-hybridized carbons (Fsp3) is 0.533. The van der Waals surface area contributed by atoms with Crippen molar-refractivity contribution in [3.63, 3.8) is 0 Å². The molecule has 4 heteroatoms. The van der Waals surface area contributed by atoms with Gasteiger partial charge in [0.15, 0.2) is 0 Å². The van der Waals surface area contributed by atoms with Crippen LogP contribution in [0.15, 0.2) is 24.3 Å². The molecule has 1 amide bonds. The summed E-state index contributed by atoms with van der Waals surface area (Å²) >= 11 is 5.86. The van der Waals surface area contributed by atoms with Gasteiger partial charge >= 0.3 is 0 Å². The maximum Gasteiger partial charge on any atom is 0.236 e. The van der Waals surface area contributed by atoms with E-state index in [9.17, 15) is 4.79 Å². The first-order valence-corrected chi connectivity index (χ1v) is 7.07. The van der Waals surface area contributed by atoms with Crippen LogP contribution in [-0.4, -0.2) is 18.5 Å². The largest absolute Gasteiger partial charge is 0.354 e. The zero-order valence-electron chi connectivity index (χ0n) is 12.0. The van der Waals surface area contributed by atoms with Crippen LogP contribution in [0.1, 0.15) is 39.3 Å². The van der Waals surface area contributed by atoms with Gasteiger partial charge in [-0.25, -0.2) is 0 Å². The number of amides is 1. The quantitative estimate of drug-likeness (QED) is 0.841. The van der Waals surface area contributed by atoms with Crippen molar-refractivity contribution in [2.45, 2.75) is 39.8 Å². The molecule has 1 rings (SSSR count). The van der Waals surface area contributed by atoms with Crippen LogP contribution in [0.2, 0.25) is 5.02 Å². The first-order valence-electron chi connectivity index (χ1n) is 6.69. The molecule has 0 aliphatic heterocycles. The molecular weight excluding hydrogens is 260 g/mol. The lowest BCUT2D eigenvalue weighted by Crippen LogP contribution is -2.44. The molecular formula is C15H23ClN2O. The molecule has 0 aliphatic rings. The van der Waals surface area contributed by atoms with Crippen molar-refractivity contribution < 1.29 is 4.79 Å². The van der Waals surface area contributed by atoms with Gasteiger partial charge in [-0.15, -0.1) is 0 Å². The van der Waals surface area contributed by atoms with Gasteiger partial charge < -0.3 is 5.32 Å². The van der Waals surface area contributed by atoms with Crippen molar-refractivity contribution >= 4 is 17.5 Å². The second kappa shape index (κ2) is 7.51. The molecule has 0 saturated heterocycles. The van der Waals surface area contributed by atoms with Gasteiger partial charge in [0, 0.05) is 17.6 Å². The van der Waals surface area contributed by atoms with Crippen LogP contribution in [0.25, 0.3) is 0 Å². The lowest BCUT2D eigenvalue weighted by Gasteiger charge is -2.20. The number of halogens is 1. The van der Waals surface area contributed by atoms with Crippen molar-refractivity contribution in [3.8, 4) is 0 Å². The predicted octanol–water partition coefficient (Wildman–Crippen LogP) is 3.15. The highest BCUT2D eigenvalue weighted by Crippen LogP contribution is 2.16.